The second-order valence-corrected chi connectivity index (χ2v) is 4.90. The number of aliphatic hydroxyl groups excluding tert-OH is 1. The summed E-state index contributed by atoms with van der Waals surface area (Å²) in [6.07, 6.45) is 0. The first-order valence-corrected chi connectivity index (χ1v) is 5.56. The molecule has 0 aromatic heterocycles. The van der Waals surface area contributed by atoms with Gasteiger partial charge in [-0.1, -0.05) is 0 Å². The zero-order chi connectivity index (χ0) is 13.9. The molecule has 1 aromatic rings. The van der Waals surface area contributed by atoms with E-state index in [0.29, 0.717) is 17.8 Å². The molecule has 0 radical (unpaired) electrons. The van der Waals surface area contributed by atoms with E-state index in [1.165, 1.54) is 12.1 Å². The molecule has 0 saturated carbocycles. The number of nitrogens with zero attached hydrogens (tertiary/aromatic N) is 2. The van der Waals surface area contributed by atoms with Crippen molar-refractivity contribution in [3.05, 3.63) is 33.9 Å². The van der Waals surface area contributed by atoms with E-state index < -0.39 is 10.5 Å². The summed E-state index contributed by atoms with van der Waals surface area (Å²) in [6, 6.07) is 4.31. The van der Waals surface area contributed by atoms with E-state index >= 15 is 0 Å². The van der Waals surface area contributed by atoms with Crippen LogP contribution >= 0.6 is 0 Å². The lowest BCUT2D eigenvalue weighted by Gasteiger charge is -2.28. The second kappa shape index (κ2) is 5.32. The number of hydrogen-bond donors (Lipinski definition) is 2. The lowest BCUT2D eigenvalue weighted by molar-refractivity contribution is -0.384. The third-order valence-corrected chi connectivity index (χ3v) is 2.48. The lowest BCUT2D eigenvalue weighted by atomic mass is 10.1. The molecule has 2 N–H and O–H groups in total. The van der Waals surface area contributed by atoms with Crippen molar-refractivity contribution in [1.82, 2.24) is 0 Å². The van der Waals surface area contributed by atoms with Crippen LogP contribution in [0.15, 0.2) is 18.2 Å². The summed E-state index contributed by atoms with van der Waals surface area (Å²) >= 11 is 0. The van der Waals surface area contributed by atoms with Gasteiger partial charge >= 0.3 is 0 Å². The molecule has 0 saturated heterocycles. The van der Waals surface area contributed by atoms with Gasteiger partial charge in [0.05, 0.1) is 17.1 Å². The number of rotatable bonds is 5. The van der Waals surface area contributed by atoms with Gasteiger partial charge in [-0.05, 0) is 19.9 Å². The average Bonchev–Trinajstić information content (AvgIpc) is 2.25. The molecule has 0 aliphatic rings. The Hall–Kier alpha value is -1.66. The van der Waals surface area contributed by atoms with E-state index in [0.717, 1.165) is 0 Å². The van der Waals surface area contributed by atoms with Crippen molar-refractivity contribution in [2.75, 3.05) is 18.5 Å². The SMILES string of the molecule is CN(CC(C)(C)O)c1ccc([N+](=O)[O-])cc1CO. The number of hydrogen-bond acceptors (Lipinski definition) is 5. The van der Waals surface area contributed by atoms with Crippen LogP contribution in [0.1, 0.15) is 19.4 Å². The molecule has 0 atom stereocenters. The summed E-state index contributed by atoms with van der Waals surface area (Å²) in [5.74, 6) is 0. The summed E-state index contributed by atoms with van der Waals surface area (Å²) in [4.78, 5) is 11.9. The van der Waals surface area contributed by atoms with Gasteiger partial charge in [0.15, 0.2) is 0 Å². The molecule has 0 aliphatic carbocycles. The predicted octanol–water partition coefficient (Wildman–Crippen LogP) is 1.29. The van der Waals surface area contributed by atoms with E-state index in [1.54, 1.807) is 31.9 Å². The minimum absolute atomic E-state index is 0.0561. The van der Waals surface area contributed by atoms with Gasteiger partial charge in [0.2, 0.25) is 0 Å². The van der Waals surface area contributed by atoms with Crippen molar-refractivity contribution in [2.24, 2.45) is 0 Å². The molecule has 18 heavy (non-hydrogen) atoms. The second-order valence-electron chi connectivity index (χ2n) is 4.90. The summed E-state index contributed by atoms with van der Waals surface area (Å²) in [6.45, 7) is 3.42. The third kappa shape index (κ3) is 3.68. The van der Waals surface area contributed by atoms with Gasteiger partial charge in [-0.15, -0.1) is 0 Å². The molecule has 0 spiro atoms. The van der Waals surface area contributed by atoms with Crippen molar-refractivity contribution in [3.8, 4) is 0 Å². The molecular formula is C12H18N2O4. The van der Waals surface area contributed by atoms with Crippen LogP contribution in [0.2, 0.25) is 0 Å². The highest BCUT2D eigenvalue weighted by Crippen LogP contribution is 2.25. The van der Waals surface area contributed by atoms with Crippen LogP contribution in [-0.4, -0.2) is 34.3 Å². The van der Waals surface area contributed by atoms with E-state index in [2.05, 4.69) is 0 Å². The molecule has 0 amide bonds. The highest BCUT2D eigenvalue weighted by molar-refractivity contribution is 5.57. The zero-order valence-electron chi connectivity index (χ0n) is 10.8. The summed E-state index contributed by atoms with van der Waals surface area (Å²) in [5, 5.41) is 29.7. The van der Waals surface area contributed by atoms with Gasteiger partial charge in [-0.3, -0.25) is 10.1 Å². The largest absolute Gasteiger partial charge is 0.392 e. The Balaban J connectivity index is 3.05. The maximum absolute atomic E-state index is 10.6. The fourth-order valence-corrected chi connectivity index (χ4v) is 1.85. The smallest absolute Gasteiger partial charge is 0.269 e. The highest BCUT2D eigenvalue weighted by Gasteiger charge is 2.19. The van der Waals surface area contributed by atoms with Gasteiger partial charge in [-0.25, -0.2) is 0 Å². The molecular weight excluding hydrogens is 236 g/mol. The molecule has 0 bridgehead atoms. The van der Waals surface area contributed by atoms with Crippen LogP contribution in [0.5, 0.6) is 0 Å². The quantitative estimate of drug-likeness (QED) is 0.610. The van der Waals surface area contributed by atoms with Gasteiger partial charge in [-0.2, -0.15) is 0 Å². The average molecular weight is 254 g/mol. The molecule has 0 unspecified atom stereocenters. The molecule has 1 aromatic carbocycles. The van der Waals surface area contributed by atoms with Gasteiger partial charge in [0.1, 0.15) is 0 Å². The van der Waals surface area contributed by atoms with E-state index in [4.69, 9.17) is 0 Å². The minimum atomic E-state index is -0.886. The Morgan fingerprint density at radius 1 is 1.44 bits per heavy atom. The van der Waals surface area contributed by atoms with Crippen LogP contribution in [0.4, 0.5) is 11.4 Å². The van der Waals surface area contributed by atoms with Crippen LogP contribution in [0.3, 0.4) is 0 Å². The molecule has 1 rings (SSSR count). The number of nitro benzene ring substituents is 1. The predicted molar refractivity (Wildman–Crippen MR) is 68.6 cm³/mol. The Labute approximate surface area is 106 Å². The van der Waals surface area contributed by atoms with Crippen molar-refractivity contribution >= 4 is 11.4 Å². The lowest BCUT2D eigenvalue weighted by Crippen LogP contribution is -2.36. The molecule has 0 fully saturated rings. The Bertz CT molecular complexity index is 440. The van der Waals surface area contributed by atoms with Crippen molar-refractivity contribution < 1.29 is 15.1 Å². The zero-order valence-corrected chi connectivity index (χ0v) is 10.8. The fraction of sp³-hybridized carbons (Fsp3) is 0.500. The van der Waals surface area contributed by atoms with Crippen LogP contribution in [-0.2, 0) is 6.61 Å². The first kappa shape index (κ1) is 14.4. The number of nitro groups is 1. The first-order valence-electron chi connectivity index (χ1n) is 5.56. The fourth-order valence-electron chi connectivity index (χ4n) is 1.85. The third-order valence-electron chi connectivity index (χ3n) is 2.48. The molecule has 0 aliphatic heterocycles. The van der Waals surface area contributed by atoms with E-state index in [-0.39, 0.29) is 12.3 Å². The molecule has 6 heteroatoms. The number of anilines is 1. The number of non-ortho nitro benzene ring substituents is 1. The number of aliphatic hydroxyl groups is 2. The normalized spacial score (nSPS) is 11.4. The van der Waals surface area contributed by atoms with Gasteiger partial charge in [0.25, 0.3) is 5.69 Å². The minimum Gasteiger partial charge on any atom is -0.392 e. The van der Waals surface area contributed by atoms with Gasteiger partial charge in [0, 0.05) is 37.0 Å². The molecule has 0 heterocycles. The monoisotopic (exact) mass is 254 g/mol. The Morgan fingerprint density at radius 2 is 2.06 bits per heavy atom. The topological polar surface area (TPSA) is 86.8 Å². The summed E-state index contributed by atoms with van der Waals surface area (Å²) < 4.78 is 0. The first-order chi connectivity index (χ1) is 8.24. The number of likely N-dealkylation sites (N-methyl/N-ethyl adjacent to an activating group) is 1. The number of benzene rings is 1. The Morgan fingerprint density at radius 3 is 2.50 bits per heavy atom. The Kier molecular flexibility index (Phi) is 4.26. The van der Waals surface area contributed by atoms with Gasteiger partial charge < -0.3 is 15.1 Å². The maximum Gasteiger partial charge on any atom is 0.269 e. The van der Waals surface area contributed by atoms with E-state index in [1.807, 2.05) is 0 Å². The van der Waals surface area contributed by atoms with Crippen molar-refractivity contribution in [1.29, 1.82) is 0 Å². The van der Waals surface area contributed by atoms with Crippen LogP contribution in [0, 0.1) is 10.1 Å². The molecule has 100 valence electrons. The maximum atomic E-state index is 10.6. The van der Waals surface area contributed by atoms with Crippen molar-refractivity contribution in [2.45, 2.75) is 26.1 Å². The summed E-state index contributed by atoms with van der Waals surface area (Å²) in [5.41, 5.74) is 0.198. The van der Waals surface area contributed by atoms with Crippen LogP contribution in [0.25, 0.3) is 0 Å². The van der Waals surface area contributed by atoms with E-state index in [9.17, 15) is 20.3 Å². The highest BCUT2D eigenvalue weighted by atomic mass is 16.6. The van der Waals surface area contributed by atoms with Crippen LogP contribution < -0.4 is 4.90 Å². The summed E-state index contributed by atoms with van der Waals surface area (Å²) in [7, 11) is 1.76. The standard InChI is InChI=1S/C12H18N2O4/c1-12(2,16)8-13(3)11-5-4-10(14(17)18)6-9(11)7-15/h4-6,15-16H,7-8H2,1-3H3. The van der Waals surface area contributed by atoms with Crippen molar-refractivity contribution in [3.63, 3.8) is 0 Å². The molecule has 6 nitrogen and oxygen atoms in total.